The molecule has 0 aromatic heterocycles. The number of hydrogen-bond acceptors (Lipinski definition) is 3. The number of rotatable bonds is 2. The van der Waals surface area contributed by atoms with Crippen molar-refractivity contribution in [3.05, 3.63) is 59.2 Å². The first-order valence-electron chi connectivity index (χ1n) is 7.81. The van der Waals surface area contributed by atoms with Gasteiger partial charge < -0.3 is 4.74 Å². The highest BCUT2D eigenvalue weighted by Gasteiger charge is 2.37. The van der Waals surface area contributed by atoms with E-state index in [1.54, 1.807) is 24.3 Å². The average molecular weight is 343 g/mol. The van der Waals surface area contributed by atoms with E-state index in [-0.39, 0.29) is 5.41 Å². The van der Waals surface area contributed by atoms with E-state index in [4.69, 9.17) is 4.74 Å². The third-order valence-electron chi connectivity index (χ3n) is 4.29. The van der Waals surface area contributed by atoms with Crippen LogP contribution in [0.4, 0.5) is 0 Å². The fraction of sp³-hybridized carbons (Fsp3) is 0.316. The Morgan fingerprint density at radius 2 is 1.83 bits per heavy atom. The molecular formula is C19H21NO3S. The van der Waals surface area contributed by atoms with Gasteiger partial charge in [-0.3, -0.25) is 4.79 Å². The second-order valence-electron chi connectivity index (χ2n) is 6.82. The zero-order valence-corrected chi connectivity index (χ0v) is 15.1. The van der Waals surface area contributed by atoms with Gasteiger partial charge in [-0.25, -0.2) is 4.21 Å². The molecule has 0 N–H and O–H groups in total. The lowest BCUT2D eigenvalue weighted by Gasteiger charge is -2.19. The predicted octanol–water partition coefficient (Wildman–Crippen LogP) is 3.96. The summed E-state index contributed by atoms with van der Waals surface area (Å²) in [5.41, 5.74) is 1.92. The fourth-order valence-corrected chi connectivity index (χ4v) is 4.19. The van der Waals surface area contributed by atoms with Crippen molar-refractivity contribution in [3.63, 3.8) is 0 Å². The second-order valence-corrected chi connectivity index (χ2v) is 9.07. The molecule has 0 spiro atoms. The smallest absolute Gasteiger partial charge is 0.286 e. The Morgan fingerprint density at radius 3 is 2.50 bits per heavy atom. The molecule has 1 aliphatic rings. The Labute approximate surface area is 143 Å². The molecule has 0 bridgehead atoms. The van der Waals surface area contributed by atoms with Crippen LogP contribution in [0.15, 0.2) is 51.7 Å². The Bertz CT molecular complexity index is 923. The maximum absolute atomic E-state index is 12.9. The molecule has 1 unspecified atom stereocenters. The van der Waals surface area contributed by atoms with Gasteiger partial charge in [0.05, 0.1) is 21.9 Å². The normalized spacial score (nSPS) is 17.5. The molecule has 0 radical (unpaired) electrons. The first-order chi connectivity index (χ1) is 11.2. The van der Waals surface area contributed by atoms with Crippen molar-refractivity contribution < 1.29 is 13.7 Å². The van der Waals surface area contributed by atoms with Crippen LogP contribution in [-0.4, -0.2) is 23.0 Å². The maximum Gasteiger partial charge on any atom is 0.286 e. The SMILES string of the molecule is Cc1ccc2c(c1C(=O)N=S(C)(=O)c1ccccc1)C(C)(C)CO2. The van der Waals surface area contributed by atoms with Crippen LogP contribution in [0.1, 0.15) is 35.3 Å². The van der Waals surface area contributed by atoms with E-state index in [0.717, 1.165) is 11.1 Å². The van der Waals surface area contributed by atoms with Crippen LogP contribution in [0.25, 0.3) is 0 Å². The van der Waals surface area contributed by atoms with Crippen LogP contribution in [0, 0.1) is 6.92 Å². The molecule has 1 amide bonds. The van der Waals surface area contributed by atoms with E-state index in [1.165, 1.54) is 6.26 Å². The molecule has 0 aliphatic carbocycles. The van der Waals surface area contributed by atoms with Crippen molar-refractivity contribution in [3.8, 4) is 5.75 Å². The van der Waals surface area contributed by atoms with Crippen molar-refractivity contribution in [2.45, 2.75) is 31.1 Å². The Hall–Kier alpha value is -2.14. The predicted molar refractivity (Wildman–Crippen MR) is 95.2 cm³/mol. The van der Waals surface area contributed by atoms with Crippen LogP contribution in [-0.2, 0) is 15.1 Å². The van der Waals surface area contributed by atoms with E-state index < -0.39 is 15.6 Å². The Kier molecular flexibility index (Phi) is 4.00. The number of ether oxygens (including phenoxy) is 1. The molecule has 126 valence electrons. The Balaban J connectivity index is 2.15. The molecule has 1 atom stereocenters. The third kappa shape index (κ3) is 2.84. The molecule has 1 heterocycles. The van der Waals surface area contributed by atoms with Gasteiger partial charge in [-0.05, 0) is 30.7 Å². The maximum atomic E-state index is 12.9. The van der Waals surface area contributed by atoms with Gasteiger partial charge in [-0.1, -0.05) is 38.1 Å². The zero-order chi connectivity index (χ0) is 17.5. The summed E-state index contributed by atoms with van der Waals surface area (Å²) in [5.74, 6) is 0.269. The summed E-state index contributed by atoms with van der Waals surface area (Å²) in [4.78, 5) is 13.5. The van der Waals surface area contributed by atoms with Gasteiger partial charge in [0.1, 0.15) is 5.75 Å². The van der Waals surface area contributed by atoms with E-state index in [1.807, 2.05) is 39.0 Å². The van der Waals surface area contributed by atoms with E-state index in [2.05, 4.69) is 4.36 Å². The topological polar surface area (TPSA) is 55.7 Å². The van der Waals surface area contributed by atoms with E-state index >= 15 is 0 Å². The van der Waals surface area contributed by atoms with Gasteiger partial charge in [0.2, 0.25) is 0 Å². The average Bonchev–Trinajstić information content (AvgIpc) is 2.83. The minimum Gasteiger partial charge on any atom is -0.492 e. The van der Waals surface area contributed by atoms with Crippen LogP contribution in [0.3, 0.4) is 0 Å². The molecule has 0 saturated heterocycles. The Morgan fingerprint density at radius 1 is 1.17 bits per heavy atom. The molecule has 4 nitrogen and oxygen atoms in total. The van der Waals surface area contributed by atoms with Crippen LogP contribution < -0.4 is 4.74 Å². The van der Waals surface area contributed by atoms with Crippen molar-refractivity contribution in [2.75, 3.05) is 12.9 Å². The molecule has 3 rings (SSSR count). The number of aryl methyl sites for hydroxylation is 1. The molecule has 0 saturated carbocycles. The highest BCUT2D eigenvalue weighted by atomic mass is 32.2. The lowest BCUT2D eigenvalue weighted by molar-refractivity contribution is 0.100. The van der Waals surface area contributed by atoms with Crippen molar-refractivity contribution in [2.24, 2.45) is 4.36 Å². The lowest BCUT2D eigenvalue weighted by Crippen LogP contribution is -2.21. The highest BCUT2D eigenvalue weighted by molar-refractivity contribution is 7.93. The van der Waals surface area contributed by atoms with Crippen LogP contribution in [0.5, 0.6) is 5.75 Å². The molecule has 2 aromatic carbocycles. The van der Waals surface area contributed by atoms with Gasteiger partial charge in [-0.15, -0.1) is 0 Å². The molecule has 1 aliphatic heterocycles. The van der Waals surface area contributed by atoms with Gasteiger partial charge in [-0.2, -0.15) is 4.36 Å². The largest absolute Gasteiger partial charge is 0.492 e. The fourth-order valence-electron chi connectivity index (χ4n) is 3.02. The summed E-state index contributed by atoms with van der Waals surface area (Å²) in [7, 11) is -2.79. The molecular weight excluding hydrogens is 322 g/mol. The number of fused-ring (bicyclic) bond motifs is 1. The summed E-state index contributed by atoms with van der Waals surface area (Å²) in [6.07, 6.45) is 1.50. The summed E-state index contributed by atoms with van der Waals surface area (Å²) in [5, 5.41) is 0. The first-order valence-corrected chi connectivity index (χ1v) is 9.73. The standard InChI is InChI=1S/C19H21NO3S/c1-13-10-11-15-17(19(2,3)12-23-15)16(13)18(21)20-24(4,22)14-8-6-5-7-9-14/h5-11H,12H2,1-4H3. The van der Waals surface area contributed by atoms with Gasteiger partial charge in [0, 0.05) is 22.1 Å². The number of hydrogen-bond donors (Lipinski definition) is 0. The van der Waals surface area contributed by atoms with Crippen molar-refractivity contribution in [1.82, 2.24) is 0 Å². The minimum atomic E-state index is -2.79. The van der Waals surface area contributed by atoms with Crippen LogP contribution >= 0.6 is 0 Å². The highest BCUT2D eigenvalue weighted by Crippen LogP contribution is 2.42. The van der Waals surface area contributed by atoms with Crippen molar-refractivity contribution >= 4 is 15.6 Å². The number of carbonyl (C=O) groups is 1. The van der Waals surface area contributed by atoms with Crippen molar-refractivity contribution in [1.29, 1.82) is 0 Å². The van der Waals surface area contributed by atoms with Crippen LogP contribution in [0.2, 0.25) is 0 Å². The third-order valence-corrected chi connectivity index (χ3v) is 5.95. The summed E-state index contributed by atoms with van der Waals surface area (Å²) in [6, 6.07) is 12.6. The molecule has 5 heteroatoms. The lowest BCUT2D eigenvalue weighted by atomic mass is 9.82. The number of amides is 1. The summed E-state index contributed by atoms with van der Waals surface area (Å²) >= 11 is 0. The molecule has 0 fully saturated rings. The number of nitrogens with zero attached hydrogens (tertiary/aromatic N) is 1. The zero-order valence-electron chi connectivity index (χ0n) is 14.3. The number of benzene rings is 2. The van der Waals surface area contributed by atoms with Gasteiger partial charge in [0.25, 0.3) is 5.91 Å². The van der Waals surface area contributed by atoms with E-state index in [0.29, 0.717) is 22.8 Å². The van der Waals surface area contributed by atoms with Gasteiger partial charge in [0.15, 0.2) is 0 Å². The summed E-state index contributed by atoms with van der Waals surface area (Å²) < 4.78 is 22.7. The molecule has 2 aromatic rings. The summed E-state index contributed by atoms with van der Waals surface area (Å²) in [6.45, 7) is 6.47. The van der Waals surface area contributed by atoms with E-state index in [9.17, 15) is 9.00 Å². The molecule has 24 heavy (non-hydrogen) atoms. The number of carbonyl (C=O) groups excluding carboxylic acids is 1. The van der Waals surface area contributed by atoms with Gasteiger partial charge >= 0.3 is 0 Å². The minimum absolute atomic E-state index is 0.275. The quantitative estimate of drug-likeness (QED) is 0.829. The second kappa shape index (κ2) is 5.74. The first kappa shape index (κ1) is 16.7. The monoisotopic (exact) mass is 343 g/mol.